The van der Waals surface area contributed by atoms with Crippen molar-refractivity contribution in [1.82, 2.24) is 0 Å². The van der Waals surface area contributed by atoms with E-state index in [0.29, 0.717) is 24.7 Å². The van der Waals surface area contributed by atoms with E-state index >= 15 is 0 Å². The summed E-state index contributed by atoms with van der Waals surface area (Å²) in [6, 6.07) is 0. The van der Waals surface area contributed by atoms with E-state index in [9.17, 15) is 0 Å². The van der Waals surface area contributed by atoms with Crippen LogP contribution in [0.2, 0.25) is 0 Å². The van der Waals surface area contributed by atoms with Gasteiger partial charge in [0.15, 0.2) is 0 Å². The van der Waals surface area contributed by atoms with Gasteiger partial charge in [-0.3, -0.25) is 0 Å². The van der Waals surface area contributed by atoms with Crippen LogP contribution in [0.3, 0.4) is 0 Å². The first kappa shape index (κ1) is 8.02. The summed E-state index contributed by atoms with van der Waals surface area (Å²) in [6.07, 6.45) is 3.14. The van der Waals surface area contributed by atoms with E-state index in [0.717, 1.165) is 6.42 Å². The van der Waals surface area contributed by atoms with Crippen molar-refractivity contribution in [2.75, 3.05) is 6.54 Å². The molecule has 0 aliphatic carbocycles. The molecule has 1 fully saturated rings. The van der Waals surface area contributed by atoms with Gasteiger partial charge in [-0.2, -0.15) is 0 Å². The normalized spacial score (nSPS) is 41.7. The van der Waals surface area contributed by atoms with E-state index in [1.807, 2.05) is 0 Å². The lowest BCUT2D eigenvalue weighted by Gasteiger charge is -2.31. The summed E-state index contributed by atoms with van der Waals surface area (Å²) >= 11 is 0. The van der Waals surface area contributed by atoms with Gasteiger partial charge in [0.25, 0.3) is 0 Å². The quantitative estimate of drug-likeness (QED) is 0.597. The smallest absolute Gasteiger partial charge is 0.0701 e. The van der Waals surface area contributed by atoms with Crippen molar-refractivity contribution < 1.29 is 4.74 Å². The van der Waals surface area contributed by atoms with E-state index in [1.54, 1.807) is 0 Å². The van der Waals surface area contributed by atoms with Gasteiger partial charge in [0.2, 0.25) is 0 Å². The molecule has 60 valence electrons. The second-order valence-corrected chi connectivity index (χ2v) is 3.25. The van der Waals surface area contributed by atoms with Crippen molar-refractivity contribution in [2.45, 2.75) is 38.9 Å². The number of hydrogen-bond donors (Lipinski definition) is 1. The molecule has 0 aromatic heterocycles. The van der Waals surface area contributed by atoms with Crippen molar-refractivity contribution in [3.05, 3.63) is 0 Å². The van der Waals surface area contributed by atoms with E-state index < -0.39 is 0 Å². The summed E-state index contributed by atoms with van der Waals surface area (Å²) in [4.78, 5) is 0. The third kappa shape index (κ3) is 1.70. The van der Waals surface area contributed by atoms with Crippen LogP contribution in [0.1, 0.15) is 26.7 Å². The Labute approximate surface area is 62.7 Å². The molecule has 2 heteroatoms. The third-order valence-corrected chi connectivity index (χ3v) is 2.42. The van der Waals surface area contributed by atoms with Crippen molar-refractivity contribution in [3.8, 4) is 0 Å². The van der Waals surface area contributed by atoms with Gasteiger partial charge >= 0.3 is 0 Å². The molecule has 0 saturated carbocycles. The molecule has 10 heavy (non-hydrogen) atoms. The van der Waals surface area contributed by atoms with E-state index in [2.05, 4.69) is 13.8 Å². The van der Waals surface area contributed by atoms with Crippen LogP contribution in [-0.4, -0.2) is 18.8 Å². The lowest BCUT2D eigenvalue weighted by Crippen LogP contribution is -2.35. The van der Waals surface area contributed by atoms with E-state index in [4.69, 9.17) is 10.5 Å². The predicted octanol–water partition coefficient (Wildman–Crippen LogP) is 1.15. The summed E-state index contributed by atoms with van der Waals surface area (Å²) < 4.78 is 5.62. The summed E-state index contributed by atoms with van der Waals surface area (Å²) in [5.41, 5.74) is 5.49. The molecule has 0 bridgehead atoms. The maximum Gasteiger partial charge on any atom is 0.0701 e. The molecule has 0 spiro atoms. The largest absolute Gasteiger partial charge is 0.374 e. The van der Waals surface area contributed by atoms with Crippen LogP contribution in [0.25, 0.3) is 0 Å². The fraction of sp³-hybridized carbons (Fsp3) is 1.00. The van der Waals surface area contributed by atoms with Crippen LogP contribution in [-0.2, 0) is 4.74 Å². The van der Waals surface area contributed by atoms with Gasteiger partial charge in [0.05, 0.1) is 12.2 Å². The number of ether oxygens (including phenoxy) is 1. The average Bonchev–Trinajstić information content (AvgIpc) is 1.95. The monoisotopic (exact) mass is 143 g/mol. The Bertz CT molecular complexity index is 105. The molecule has 3 atom stereocenters. The molecule has 1 aliphatic rings. The highest BCUT2D eigenvalue weighted by Gasteiger charge is 2.23. The zero-order valence-electron chi connectivity index (χ0n) is 6.84. The van der Waals surface area contributed by atoms with Gasteiger partial charge in [-0.1, -0.05) is 6.92 Å². The topological polar surface area (TPSA) is 35.2 Å². The van der Waals surface area contributed by atoms with Crippen LogP contribution in [0.5, 0.6) is 0 Å². The molecule has 1 saturated heterocycles. The van der Waals surface area contributed by atoms with Gasteiger partial charge < -0.3 is 10.5 Å². The zero-order chi connectivity index (χ0) is 7.56. The third-order valence-electron chi connectivity index (χ3n) is 2.42. The molecule has 0 aromatic rings. The molecule has 2 N–H and O–H groups in total. The van der Waals surface area contributed by atoms with Crippen molar-refractivity contribution in [1.29, 1.82) is 0 Å². The van der Waals surface area contributed by atoms with Crippen LogP contribution in [0.15, 0.2) is 0 Å². The lowest BCUT2D eigenvalue weighted by molar-refractivity contribution is -0.0636. The van der Waals surface area contributed by atoms with Crippen LogP contribution >= 0.6 is 0 Å². The molecular formula is C8H17NO. The Hall–Kier alpha value is -0.0800. The lowest BCUT2D eigenvalue weighted by atomic mass is 9.94. The maximum atomic E-state index is 5.62. The summed E-state index contributed by atoms with van der Waals surface area (Å²) in [5, 5.41) is 0. The zero-order valence-corrected chi connectivity index (χ0v) is 6.84. The summed E-state index contributed by atoms with van der Waals surface area (Å²) in [6.45, 7) is 5.04. The SMILES string of the molecule is CC1CCC(CN)OC1C. The highest BCUT2D eigenvalue weighted by atomic mass is 16.5. The Kier molecular flexibility index (Phi) is 2.69. The maximum absolute atomic E-state index is 5.62. The predicted molar refractivity (Wildman–Crippen MR) is 41.8 cm³/mol. The Balaban J connectivity index is 2.33. The molecule has 1 heterocycles. The van der Waals surface area contributed by atoms with Crippen LogP contribution < -0.4 is 5.73 Å². The fourth-order valence-electron chi connectivity index (χ4n) is 1.36. The van der Waals surface area contributed by atoms with E-state index in [1.165, 1.54) is 6.42 Å². The number of nitrogens with two attached hydrogens (primary N) is 1. The molecule has 1 rings (SSSR count). The van der Waals surface area contributed by atoms with E-state index in [-0.39, 0.29) is 0 Å². The molecule has 0 radical (unpaired) electrons. The number of rotatable bonds is 1. The van der Waals surface area contributed by atoms with Crippen molar-refractivity contribution >= 4 is 0 Å². The second-order valence-electron chi connectivity index (χ2n) is 3.25. The first-order valence-electron chi connectivity index (χ1n) is 4.09. The minimum absolute atomic E-state index is 0.325. The summed E-state index contributed by atoms with van der Waals surface area (Å²) in [5.74, 6) is 0.711. The van der Waals surface area contributed by atoms with Gasteiger partial charge in [-0.05, 0) is 25.7 Å². The Morgan fingerprint density at radius 1 is 1.40 bits per heavy atom. The number of hydrogen-bond acceptors (Lipinski definition) is 2. The highest BCUT2D eigenvalue weighted by Crippen LogP contribution is 2.23. The van der Waals surface area contributed by atoms with Crippen molar-refractivity contribution in [2.24, 2.45) is 11.7 Å². The molecule has 1 aliphatic heterocycles. The molecule has 3 unspecified atom stereocenters. The van der Waals surface area contributed by atoms with Crippen LogP contribution in [0.4, 0.5) is 0 Å². The highest BCUT2D eigenvalue weighted by molar-refractivity contribution is 4.73. The standard InChI is InChI=1S/C8H17NO/c1-6-3-4-8(5-9)10-7(6)2/h6-8H,3-5,9H2,1-2H3. The Morgan fingerprint density at radius 3 is 2.60 bits per heavy atom. The summed E-state index contributed by atoms with van der Waals surface area (Å²) in [7, 11) is 0. The fourth-order valence-corrected chi connectivity index (χ4v) is 1.36. The minimum Gasteiger partial charge on any atom is -0.374 e. The van der Waals surface area contributed by atoms with Gasteiger partial charge in [-0.25, -0.2) is 0 Å². The molecule has 0 aromatic carbocycles. The minimum atomic E-state index is 0.325. The first-order valence-corrected chi connectivity index (χ1v) is 4.09. The van der Waals surface area contributed by atoms with Crippen LogP contribution in [0, 0.1) is 5.92 Å². The first-order chi connectivity index (χ1) is 4.74. The molecular weight excluding hydrogens is 126 g/mol. The van der Waals surface area contributed by atoms with Gasteiger partial charge in [-0.15, -0.1) is 0 Å². The molecule has 2 nitrogen and oxygen atoms in total. The Morgan fingerprint density at radius 2 is 2.10 bits per heavy atom. The average molecular weight is 143 g/mol. The second kappa shape index (κ2) is 3.35. The van der Waals surface area contributed by atoms with Gasteiger partial charge in [0.1, 0.15) is 0 Å². The van der Waals surface area contributed by atoms with Crippen molar-refractivity contribution in [3.63, 3.8) is 0 Å². The van der Waals surface area contributed by atoms with Gasteiger partial charge in [0, 0.05) is 6.54 Å². The molecule has 0 amide bonds.